The van der Waals surface area contributed by atoms with E-state index < -0.39 is 34.0 Å². The SMILES string of the molecule is CC(Nc1ccc(C(F)(F)F)cc1[N+](=O)[O-])C(C)(C)O. The van der Waals surface area contributed by atoms with E-state index >= 15 is 0 Å². The van der Waals surface area contributed by atoms with Gasteiger partial charge in [0.15, 0.2) is 0 Å². The lowest BCUT2D eigenvalue weighted by atomic mass is 10.0. The molecule has 0 saturated heterocycles. The van der Waals surface area contributed by atoms with Crippen LogP contribution in [0.3, 0.4) is 0 Å². The minimum Gasteiger partial charge on any atom is -0.388 e. The zero-order chi connectivity index (χ0) is 15.7. The maximum atomic E-state index is 12.5. The van der Waals surface area contributed by atoms with Crippen molar-refractivity contribution >= 4 is 11.4 Å². The number of rotatable bonds is 4. The lowest BCUT2D eigenvalue weighted by Gasteiger charge is -2.27. The van der Waals surface area contributed by atoms with Gasteiger partial charge < -0.3 is 10.4 Å². The molecule has 8 heteroatoms. The van der Waals surface area contributed by atoms with E-state index in [1.807, 2.05) is 0 Å². The molecule has 0 amide bonds. The molecule has 0 aliphatic rings. The Hall–Kier alpha value is -1.83. The van der Waals surface area contributed by atoms with Crippen molar-refractivity contribution in [2.75, 3.05) is 5.32 Å². The average Bonchev–Trinajstić information content (AvgIpc) is 2.26. The number of alkyl halides is 3. The van der Waals surface area contributed by atoms with Crippen LogP contribution in [0.2, 0.25) is 0 Å². The second-order valence-corrected chi connectivity index (χ2v) is 5.01. The van der Waals surface area contributed by atoms with Crippen LogP contribution in [0.4, 0.5) is 24.5 Å². The van der Waals surface area contributed by atoms with Gasteiger partial charge in [0.25, 0.3) is 5.69 Å². The molecule has 5 nitrogen and oxygen atoms in total. The molecule has 112 valence electrons. The van der Waals surface area contributed by atoms with Crippen molar-refractivity contribution in [3.05, 3.63) is 33.9 Å². The molecule has 0 spiro atoms. The van der Waals surface area contributed by atoms with E-state index in [9.17, 15) is 28.4 Å². The average molecular weight is 292 g/mol. The zero-order valence-electron chi connectivity index (χ0n) is 11.2. The Balaban J connectivity index is 3.18. The Bertz CT molecular complexity index is 510. The maximum absolute atomic E-state index is 12.5. The summed E-state index contributed by atoms with van der Waals surface area (Å²) in [5, 5.41) is 23.3. The number of nitro benzene ring substituents is 1. The van der Waals surface area contributed by atoms with Gasteiger partial charge in [-0.3, -0.25) is 10.1 Å². The Morgan fingerprint density at radius 3 is 2.30 bits per heavy atom. The highest BCUT2D eigenvalue weighted by molar-refractivity contribution is 5.63. The number of benzene rings is 1. The van der Waals surface area contributed by atoms with Crippen molar-refractivity contribution in [1.82, 2.24) is 0 Å². The van der Waals surface area contributed by atoms with Gasteiger partial charge in [-0.15, -0.1) is 0 Å². The highest BCUT2D eigenvalue weighted by atomic mass is 19.4. The first-order chi connectivity index (χ1) is 8.93. The molecule has 20 heavy (non-hydrogen) atoms. The highest BCUT2D eigenvalue weighted by Crippen LogP contribution is 2.35. The maximum Gasteiger partial charge on any atom is 0.416 e. The Kier molecular flexibility index (Phi) is 4.28. The molecule has 0 bridgehead atoms. The fourth-order valence-corrected chi connectivity index (χ4v) is 1.39. The quantitative estimate of drug-likeness (QED) is 0.660. The van der Waals surface area contributed by atoms with Gasteiger partial charge in [0, 0.05) is 6.07 Å². The predicted octanol–water partition coefficient (Wildman–Crippen LogP) is 3.18. The molecule has 0 fully saturated rings. The largest absolute Gasteiger partial charge is 0.416 e. The molecule has 0 aliphatic carbocycles. The number of halogens is 3. The van der Waals surface area contributed by atoms with Gasteiger partial charge in [-0.05, 0) is 32.9 Å². The first kappa shape index (κ1) is 16.2. The summed E-state index contributed by atoms with van der Waals surface area (Å²) in [6, 6.07) is 1.63. The van der Waals surface area contributed by atoms with Crippen molar-refractivity contribution in [3.63, 3.8) is 0 Å². The second kappa shape index (κ2) is 5.28. The molecule has 2 N–H and O–H groups in total. The minimum atomic E-state index is -4.65. The summed E-state index contributed by atoms with van der Waals surface area (Å²) in [5.41, 5.74) is -3.03. The molecule has 1 aromatic carbocycles. The molecule has 0 aromatic heterocycles. The van der Waals surface area contributed by atoms with Gasteiger partial charge in [0.05, 0.1) is 22.1 Å². The Morgan fingerprint density at radius 1 is 1.35 bits per heavy atom. The molecule has 0 saturated carbocycles. The fraction of sp³-hybridized carbons (Fsp3) is 0.500. The number of nitrogens with zero attached hydrogens (tertiary/aromatic N) is 1. The van der Waals surface area contributed by atoms with Crippen molar-refractivity contribution in [3.8, 4) is 0 Å². The molecule has 1 unspecified atom stereocenters. The smallest absolute Gasteiger partial charge is 0.388 e. The van der Waals surface area contributed by atoms with Crippen molar-refractivity contribution in [2.24, 2.45) is 0 Å². The van der Waals surface area contributed by atoms with Gasteiger partial charge in [0.1, 0.15) is 5.69 Å². The third-order valence-corrected chi connectivity index (χ3v) is 2.95. The molecule has 1 rings (SSSR count). The van der Waals surface area contributed by atoms with Crippen LogP contribution in [0.15, 0.2) is 18.2 Å². The highest BCUT2D eigenvalue weighted by Gasteiger charge is 2.33. The zero-order valence-corrected chi connectivity index (χ0v) is 11.2. The van der Waals surface area contributed by atoms with Gasteiger partial charge >= 0.3 is 6.18 Å². The van der Waals surface area contributed by atoms with Crippen molar-refractivity contribution in [1.29, 1.82) is 0 Å². The molecule has 0 radical (unpaired) electrons. The van der Waals surface area contributed by atoms with E-state index in [2.05, 4.69) is 5.32 Å². The lowest BCUT2D eigenvalue weighted by molar-refractivity contribution is -0.384. The molecule has 1 atom stereocenters. The van der Waals surface area contributed by atoms with Crippen LogP contribution in [-0.4, -0.2) is 21.7 Å². The van der Waals surface area contributed by atoms with E-state index in [0.717, 1.165) is 12.1 Å². The van der Waals surface area contributed by atoms with Crippen LogP contribution in [0, 0.1) is 10.1 Å². The molecule has 1 aromatic rings. The van der Waals surface area contributed by atoms with Crippen LogP contribution in [0.5, 0.6) is 0 Å². The van der Waals surface area contributed by atoms with E-state index in [0.29, 0.717) is 6.07 Å². The van der Waals surface area contributed by atoms with E-state index in [4.69, 9.17) is 0 Å². The summed E-state index contributed by atoms with van der Waals surface area (Å²) in [5.74, 6) is 0. The van der Waals surface area contributed by atoms with Gasteiger partial charge in [-0.25, -0.2) is 0 Å². The Morgan fingerprint density at radius 2 is 1.90 bits per heavy atom. The first-order valence-corrected chi connectivity index (χ1v) is 5.77. The number of hydrogen-bond acceptors (Lipinski definition) is 4. The first-order valence-electron chi connectivity index (χ1n) is 5.77. The lowest BCUT2D eigenvalue weighted by Crippen LogP contribution is -2.39. The standard InChI is InChI=1S/C12H15F3N2O3/c1-7(11(2,3)18)16-9-5-4-8(12(13,14)15)6-10(9)17(19)20/h4-7,16,18H,1-3H3. The fourth-order valence-electron chi connectivity index (χ4n) is 1.39. The van der Waals surface area contributed by atoms with Crippen molar-refractivity contribution in [2.45, 2.75) is 38.6 Å². The summed E-state index contributed by atoms with van der Waals surface area (Å²) in [6.07, 6.45) is -4.65. The van der Waals surface area contributed by atoms with Gasteiger partial charge in [-0.1, -0.05) is 0 Å². The summed E-state index contributed by atoms with van der Waals surface area (Å²) < 4.78 is 37.6. The third-order valence-electron chi connectivity index (χ3n) is 2.95. The van der Waals surface area contributed by atoms with Gasteiger partial charge in [0.2, 0.25) is 0 Å². The predicted molar refractivity (Wildman–Crippen MR) is 67.5 cm³/mol. The summed E-state index contributed by atoms with van der Waals surface area (Å²) in [4.78, 5) is 9.97. The van der Waals surface area contributed by atoms with Crippen LogP contribution < -0.4 is 5.32 Å². The van der Waals surface area contributed by atoms with Crippen LogP contribution in [-0.2, 0) is 6.18 Å². The second-order valence-electron chi connectivity index (χ2n) is 5.01. The van der Waals surface area contributed by atoms with Crippen LogP contribution in [0.25, 0.3) is 0 Å². The third kappa shape index (κ3) is 3.83. The van der Waals surface area contributed by atoms with E-state index in [1.165, 1.54) is 13.8 Å². The van der Waals surface area contributed by atoms with Crippen molar-refractivity contribution < 1.29 is 23.2 Å². The number of anilines is 1. The summed E-state index contributed by atoms with van der Waals surface area (Å²) in [7, 11) is 0. The summed E-state index contributed by atoms with van der Waals surface area (Å²) >= 11 is 0. The summed E-state index contributed by atoms with van der Waals surface area (Å²) in [6.45, 7) is 4.54. The Labute approximate surface area is 113 Å². The van der Waals surface area contributed by atoms with E-state index in [1.54, 1.807) is 6.92 Å². The number of nitrogens with one attached hydrogen (secondary N) is 1. The number of hydrogen-bond donors (Lipinski definition) is 2. The van der Waals surface area contributed by atoms with Gasteiger partial charge in [-0.2, -0.15) is 13.2 Å². The van der Waals surface area contributed by atoms with E-state index in [-0.39, 0.29) is 5.69 Å². The number of aliphatic hydroxyl groups is 1. The molecular formula is C12H15F3N2O3. The van der Waals surface area contributed by atoms with Crippen LogP contribution >= 0.6 is 0 Å². The van der Waals surface area contributed by atoms with Crippen LogP contribution in [0.1, 0.15) is 26.3 Å². The minimum absolute atomic E-state index is 0.0716. The molecular weight excluding hydrogens is 277 g/mol. The molecule has 0 aliphatic heterocycles. The number of nitro groups is 1. The molecule has 0 heterocycles. The monoisotopic (exact) mass is 292 g/mol. The normalized spacial score (nSPS) is 13.9. The topological polar surface area (TPSA) is 75.4 Å².